The molecular weight excluding hydrogens is 388 g/mol. The van der Waals surface area contributed by atoms with E-state index in [-0.39, 0.29) is 22.7 Å². The van der Waals surface area contributed by atoms with Crippen molar-refractivity contribution in [3.63, 3.8) is 0 Å². The first-order valence-corrected chi connectivity index (χ1v) is 10.9. The number of primary amides is 1. The summed E-state index contributed by atoms with van der Waals surface area (Å²) in [6.45, 7) is 13.3. The Morgan fingerprint density at radius 1 is 1.00 bits per heavy atom. The van der Waals surface area contributed by atoms with Crippen LogP contribution in [0.25, 0.3) is 0 Å². The number of nitrogens with one attached hydrogen (secondary N) is 1. The van der Waals surface area contributed by atoms with Crippen LogP contribution < -0.4 is 15.8 Å². The van der Waals surface area contributed by atoms with Crippen molar-refractivity contribution in [3.05, 3.63) is 64.7 Å². The van der Waals surface area contributed by atoms with Gasteiger partial charge in [0.05, 0.1) is 0 Å². The number of hydrogen-bond acceptors (Lipinski definition) is 3. The molecule has 3 rings (SSSR count). The largest absolute Gasteiger partial charge is 0.489 e. The number of benzene rings is 2. The van der Waals surface area contributed by atoms with Gasteiger partial charge in [-0.2, -0.15) is 0 Å². The Morgan fingerprint density at radius 2 is 1.61 bits per heavy atom. The summed E-state index contributed by atoms with van der Waals surface area (Å²) in [5.41, 5.74) is 9.89. The summed E-state index contributed by atoms with van der Waals surface area (Å²) < 4.78 is 6.04. The summed E-state index contributed by atoms with van der Waals surface area (Å²) in [6, 6.07) is 12.9. The van der Waals surface area contributed by atoms with E-state index < -0.39 is 11.9 Å². The molecule has 3 N–H and O–H groups in total. The Hall–Kier alpha value is -2.82. The van der Waals surface area contributed by atoms with E-state index in [1.54, 1.807) is 12.1 Å². The van der Waals surface area contributed by atoms with Crippen molar-refractivity contribution in [3.8, 4) is 5.75 Å². The third-order valence-corrected chi connectivity index (χ3v) is 6.21. The van der Waals surface area contributed by atoms with Crippen LogP contribution in [0.4, 0.5) is 0 Å². The molecule has 2 aromatic rings. The molecule has 0 radical (unpaired) electrons. The minimum Gasteiger partial charge on any atom is -0.489 e. The van der Waals surface area contributed by atoms with Gasteiger partial charge in [-0.15, -0.1) is 0 Å². The minimum absolute atomic E-state index is 0.0722. The lowest BCUT2D eigenvalue weighted by molar-refractivity contribution is -0.120. The molecule has 166 valence electrons. The van der Waals surface area contributed by atoms with E-state index in [0.717, 1.165) is 17.7 Å². The van der Waals surface area contributed by atoms with Gasteiger partial charge in [0.15, 0.2) is 0 Å². The van der Waals surface area contributed by atoms with Crippen molar-refractivity contribution in [2.45, 2.75) is 71.4 Å². The summed E-state index contributed by atoms with van der Waals surface area (Å²) in [6.07, 6.45) is 1.12. The second kappa shape index (κ2) is 8.37. The molecule has 5 nitrogen and oxygen atoms in total. The van der Waals surface area contributed by atoms with E-state index in [0.29, 0.717) is 12.2 Å². The molecule has 0 saturated heterocycles. The first-order valence-electron chi connectivity index (χ1n) is 10.9. The average molecular weight is 423 g/mol. The van der Waals surface area contributed by atoms with Gasteiger partial charge in [-0.3, -0.25) is 9.59 Å². The monoisotopic (exact) mass is 422 g/mol. The summed E-state index contributed by atoms with van der Waals surface area (Å²) >= 11 is 0. The molecule has 1 unspecified atom stereocenters. The van der Waals surface area contributed by atoms with Crippen LogP contribution in [0, 0.1) is 5.92 Å². The maximum Gasteiger partial charge on any atom is 0.251 e. The van der Waals surface area contributed by atoms with Crippen LogP contribution in [0.1, 0.15) is 75.0 Å². The summed E-state index contributed by atoms with van der Waals surface area (Å²) in [4.78, 5) is 23.9. The van der Waals surface area contributed by atoms with Gasteiger partial charge in [0.2, 0.25) is 5.91 Å². The molecule has 0 spiro atoms. The zero-order valence-electron chi connectivity index (χ0n) is 19.4. The maximum absolute atomic E-state index is 12.4. The van der Waals surface area contributed by atoms with Crippen molar-refractivity contribution in [1.82, 2.24) is 5.32 Å². The van der Waals surface area contributed by atoms with E-state index in [2.05, 4.69) is 45.1 Å². The normalized spacial score (nSPS) is 17.1. The van der Waals surface area contributed by atoms with Gasteiger partial charge in [-0.25, -0.2) is 0 Å². The van der Waals surface area contributed by atoms with E-state index >= 15 is 0 Å². The molecule has 1 aliphatic carbocycles. The van der Waals surface area contributed by atoms with Gasteiger partial charge in [0, 0.05) is 5.56 Å². The second-order valence-corrected chi connectivity index (χ2v) is 10.2. The summed E-state index contributed by atoms with van der Waals surface area (Å²) in [5.74, 6) is -0.0627. The number of carbonyl (C=O) groups is 2. The molecule has 31 heavy (non-hydrogen) atoms. The predicted molar refractivity (Wildman–Crippen MR) is 123 cm³/mol. The molecular formula is C26H34N2O3. The highest BCUT2D eigenvalue weighted by atomic mass is 16.5. The molecule has 2 amide bonds. The number of rotatable bonds is 7. The molecule has 0 saturated carbocycles. The van der Waals surface area contributed by atoms with E-state index in [9.17, 15) is 9.59 Å². The maximum atomic E-state index is 12.4. The third-order valence-electron chi connectivity index (χ3n) is 6.21. The standard InChI is InChI=1S/C26H34N2O3/c1-16(2)22(23(27)29)28-24(30)18-9-7-17(8-10-18)14-31-19-11-12-20-21(13-19)26(5,6)15-25(20,3)4/h7-13,16,22H,14-15H2,1-6H3,(H2,27,29)(H,28,30). The van der Waals surface area contributed by atoms with Gasteiger partial charge < -0.3 is 15.8 Å². The van der Waals surface area contributed by atoms with E-state index in [1.807, 2.05) is 32.0 Å². The Bertz CT molecular complexity index is 975. The summed E-state index contributed by atoms with van der Waals surface area (Å²) in [7, 11) is 0. The summed E-state index contributed by atoms with van der Waals surface area (Å²) in [5, 5.41) is 2.70. The fourth-order valence-electron chi connectivity index (χ4n) is 4.77. The number of ether oxygens (including phenoxy) is 1. The number of carbonyl (C=O) groups excluding carboxylic acids is 2. The number of amides is 2. The topological polar surface area (TPSA) is 81.4 Å². The number of fused-ring (bicyclic) bond motifs is 1. The fourth-order valence-corrected chi connectivity index (χ4v) is 4.77. The molecule has 0 aromatic heterocycles. The van der Waals surface area contributed by atoms with Gasteiger partial charge >= 0.3 is 0 Å². The number of hydrogen-bond donors (Lipinski definition) is 2. The zero-order chi connectivity index (χ0) is 23.0. The Kier molecular flexibility index (Phi) is 6.17. The van der Waals surface area contributed by atoms with Crippen LogP contribution in [0.5, 0.6) is 5.75 Å². The lowest BCUT2D eigenvalue weighted by Gasteiger charge is -2.22. The van der Waals surface area contributed by atoms with E-state index in [4.69, 9.17) is 10.5 Å². The highest BCUT2D eigenvalue weighted by Crippen LogP contribution is 2.50. The van der Waals surface area contributed by atoms with Crippen molar-refractivity contribution < 1.29 is 14.3 Å². The van der Waals surface area contributed by atoms with Gasteiger partial charge in [-0.05, 0) is 64.1 Å². The van der Waals surface area contributed by atoms with Crippen LogP contribution in [0.2, 0.25) is 0 Å². The van der Waals surface area contributed by atoms with Crippen molar-refractivity contribution in [2.75, 3.05) is 0 Å². The van der Waals surface area contributed by atoms with E-state index in [1.165, 1.54) is 11.1 Å². The molecule has 1 aliphatic rings. The Balaban J connectivity index is 1.65. The van der Waals surface area contributed by atoms with Crippen molar-refractivity contribution in [2.24, 2.45) is 11.7 Å². The molecule has 1 atom stereocenters. The Labute approximate surface area is 185 Å². The first kappa shape index (κ1) is 22.9. The van der Waals surface area contributed by atoms with Crippen LogP contribution in [-0.4, -0.2) is 17.9 Å². The molecule has 0 fully saturated rings. The molecule has 2 aromatic carbocycles. The molecule has 0 bridgehead atoms. The van der Waals surface area contributed by atoms with Gasteiger partial charge in [0.1, 0.15) is 18.4 Å². The van der Waals surface area contributed by atoms with Crippen molar-refractivity contribution in [1.29, 1.82) is 0 Å². The number of nitrogens with two attached hydrogens (primary N) is 1. The zero-order valence-corrected chi connectivity index (χ0v) is 19.4. The predicted octanol–water partition coefficient (Wildman–Crippen LogP) is 4.46. The van der Waals surface area contributed by atoms with Crippen LogP contribution in [-0.2, 0) is 22.2 Å². The first-order chi connectivity index (χ1) is 14.4. The highest BCUT2D eigenvalue weighted by molar-refractivity contribution is 5.97. The quantitative estimate of drug-likeness (QED) is 0.691. The smallest absolute Gasteiger partial charge is 0.251 e. The SMILES string of the molecule is CC(C)C(NC(=O)c1ccc(COc2ccc3c(c2)C(C)(C)CC3(C)C)cc1)C(N)=O. The van der Waals surface area contributed by atoms with Crippen LogP contribution in [0.3, 0.4) is 0 Å². The highest BCUT2D eigenvalue weighted by Gasteiger charge is 2.41. The molecule has 0 heterocycles. The minimum atomic E-state index is -0.690. The second-order valence-electron chi connectivity index (χ2n) is 10.2. The van der Waals surface area contributed by atoms with Gasteiger partial charge in [0.25, 0.3) is 5.91 Å². The van der Waals surface area contributed by atoms with Gasteiger partial charge in [-0.1, -0.05) is 59.7 Å². The Morgan fingerprint density at radius 3 is 2.19 bits per heavy atom. The van der Waals surface area contributed by atoms with Crippen molar-refractivity contribution >= 4 is 11.8 Å². The van der Waals surface area contributed by atoms with Crippen LogP contribution in [0.15, 0.2) is 42.5 Å². The fraction of sp³-hybridized carbons (Fsp3) is 0.462. The van der Waals surface area contributed by atoms with Crippen LogP contribution >= 0.6 is 0 Å². The molecule has 5 heteroatoms. The molecule has 0 aliphatic heterocycles. The lowest BCUT2D eigenvalue weighted by Crippen LogP contribution is -2.47. The average Bonchev–Trinajstić information content (AvgIpc) is 2.87. The lowest BCUT2D eigenvalue weighted by atomic mass is 9.82. The third kappa shape index (κ3) is 4.92.